The van der Waals surface area contributed by atoms with Gasteiger partial charge in [-0.1, -0.05) is 0 Å². The van der Waals surface area contributed by atoms with Crippen molar-refractivity contribution in [2.45, 2.75) is 26.3 Å². The molecule has 3 N–H and O–H groups in total. The highest BCUT2D eigenvalue weighted by Crippen LogP contribution is 2.23. The SMILES string of the molecule is Cc1[nH]c2cc(F)ccc2c1CC(C)N. The fourth-order valence-corrected chi connectivity index (χ4v) is 1.95. The van der Waals surface area contributed by atoms with E-state index in [9.17, 15) is 4.39 Å². The van der Waals surface area contributed by atoms with E-state index in [4.69, 9.17) is 5.73 Å². The fraction of sp³-hybridized carbons (Fsp3) is 0.333. The van der Waals surface area contributed by atoms with Gasteiger partial charge in [-0.25, -0.2) is 4.39 Å². The van der Waals surface area contributed by atoms with Crippen LogP contribution < -0.4 is 5.73 Å². The first-order valence-electron chi connectivity index (χ1n) is 5.10. The molecule has 1 aromatic heterocycles. The Balaban J connectivity index is 2.58. The lowest BCUT2D eigenvalue weighted by Crippen LogP contribution is -2.18. The van der Waals surface area contributed by atoms with Gasteiger partial charge < -0.3 is 10.7 Å². The summed E-state index contributed by atoms with van der Waals surface area (Å²) < 4.78 is 13.0. The summed E-state index contributed by atoms with van der Waals surface area (Å²) in [4.78, 5) is 3.18. The molecule has 2 aromatic rings. The van der Waals surface area contributed by atoms with E-state index in [2.05, 4.69) is 4.98 Å². The van der Waals surface area contributed by atoms with Gasteiger partial charge in [-0.2, -0.15) is 0 Å². The standard InChI is InChI=1S/C12H15FN2/c1-7(14)5-11-8(2)15-12-6-9(13)3-4-10(11)12/h3-4,6-7,15H,5,14H2,1-2H3. The quantitative estimate of drug-likeness (QED) is 0.778. The van der Waals surface area contributed by atoms with Crippen molar-refractivity contribution in [2.75, 3.05) is 0 Å². The number of hydrogen-bond acceptors (Lipinski definition) is 1. The highest BCUT2D eigenvalue weighted by molar-refractivity contribution is 5.84. The van der Waals surface area contributed by atoms with Crippen LogP contribution in [-0.2, 0) is 6.42 Å². The van der Waals surface area contributed by atoms with Crippen LogP contribution >= 0.6 is 0 Å². The summed E-state index contributed by atoms with van der Waals surface area (Å²) in [6.07, 6.45) is 0.817. The zero-order chi connectivity index (χ0) is 11.0. The number of halogens is 1. The number of aryl methyl sites for hydroxylation is 1. The Hall–Kier alpha value is -1.35. The molecule has 0 spiro atoms. The van der Waals surface area contributed by atoms with Gasteiger partial charge in [0.15, 0.2) is 0 Å². The van der Waals surface area contributed by atoms with Crippen molar-refractivity contribution in [3.8, 4) is 0 Å². The van der Waals surface area contributed by atoms with E-state index in [0.29, 0.717) is 0 Å². The lowest BCUT2D eigenvalue weighted by Gasteiger charge is -2.04. The molecule has 1 aromatic carbocycles. The molecule has 3 heteroatoms. The molecule has 0 saturated heterocycles. The lowest BCUT2D eigenvalue weighted by molar-refractivity contribution is 0.629. The molecule has 2 nitrogen and oxygen atoms in total. The van der Waals surface area contributed by atoms with Crippen molar-refractivity contribution in [1.82, 2.24) is 4.98 Å². The Kier molecular flexibility index (Phi) is 2.49. The van der Waals surface area contributed by atoms with Gasteiger partial charge >= 0.3 is 0 Å². The first-order chi connectivity index (χ1) is 7.08. The summed E-state index contributed by atoms with van der Waals surface area (Å²) in [6.45, 7) is 3.97. The second-order valence-electron chi connectivity index (χ2n) is 4.10. The Morgan fingerprint density at radius 2 is 2.20 bits per heavy atom. The predicted molar refractivity (Wildman–Crippen MR) is 60.3 cm³/mol. The van der Waals surface area contributed by atoms with Crippen molar-refractivity contribution in [1.29, 1.82) is 0 Å². The van der Waals surface area contributed by atoms with Crippen LogP contribution in [0.3, 0.4) is 0 Å². The number of fused-ring (bicyclic) bond motifs is 1. The monoisotopic (exact) mass is 206 g/mol. The molecule has 0 aliphatic rings. The Labute approximate surface area is 88.3 Å². The zero-order valence-corrected chi connectivity index (χ0v) is 8.97. The Bertz CT molecular complexity index is 486. The molecule has 0 amide bonds. The Morgan fingerprint density at radius 1 is 1.47 bits per heavy atom. The molecule has 0 saturated carbocycles. The molecule has 0 fully saturated rings. The molecule has 1 heterocycles. The van der Waals surface area contributed by atoms with Gasteiger partial charge in [-0.15, -0.1) is 0 Å². The number of H-pyrrole nitrogens is 1. The number of nitrogens with two attached hydrogens (primary N) is 1. The minimum absolute atomic E-state index is 0.118. The van der Waals surface area contributed by atoms with Crippen LogP contribution in [0.15, 0.2) is 18.2 Å². The van der Waals surface area contributed by atoms with E-state index in [1.807, 2.05) is 19.9 Å². The van der Waals surface area contributed by atoms with Gasteiger partial charge in [0.1, 0.15) is 5.82 Å². The van der Waals surface area contributed by atoms with Crippen LogP contribution in [0, 0.1) is 12.7 Å². The maximum Gasteiger partial charge on any atom is 0.125 e. The van der Waals surface area contributed by atoms with E-state index >= 15 is 0 Å². The first kappa shape index (κ1) is 10.2. The molecule has 80 valence electrons. The average Bonchev–Trinajstić information content (AvgIpc) is 2.41. The van der Waals surface area contributed by atoms with Crippen LogP contribution in [0.4, 0.5) is 4.39 Å². The summed E-state index contributed by atoms with van der Waals surface area (Å²) in [6, 6.07) is 4.94. The van der Waals surface area contributed by atoms with Crippen molar-refractivity contribution in [2.24, 2.45) is 5.73 Å². The average molecular weight is 206 g/mol. The summed E-state index contributed by atoms with van der Waals surface area (Å²) in [5, 5.41) is 1.08. The molecular formula is C12H15FN2. The molecule has 2 rings (SSSR count). The van der Waals surface area contributed by atoms with E-state index in [0.717, 1.165) is 23.0 Å². The van der Waals surface area contributed by atoms with Gasteiger partial charge in [0.2, 0.25) is 0 Å². The minimum atomic E-state index is -0.212. The fourth-order valence-electron chi connectivity index (χ4n) is 1.95. The second kappa shape index (κ2) is 3.66. The second-order valence-corrected chi connectivity index (χ2v) is 4.10. The summed E-state index contributed by atoms with van der Waals surface area (Å²) in [5.74, 6) is -0.212. The molecule has 1 unspecified atom stereocenters. The van der Waals surface area contributed by atoms with Crippen molar-refractivity contribution >= 4 is 10.9 Å². The summed E-state index contributed by atoms with van der Waals surface area (Å²) >= 11 is 0. The van der Waals surface area contributed by atoms with Crippen molar-refractivity contribution in [3.05, 3.63) is 35.3 Å². The topological polar surface area (TPSA) is 41.8 Å². The lowest BCUT2D eigenvalue weighted by atomic mass is 10.0. The van der Waals surface area contributed by atoms with Gasteiger partial charge in [-0.3, -0.25) is 0 Å². The summed E-state index contributed by atoms with van der Waals surface area (Å²) in [5.41, 5.74) is 8.91. The van der Waals surface area contributed by atoms with Crippen LogP contribution in [0.1, 0.15) is 18.2 Å². The van der Waals surface area contributed by atoms with E-state index in [1.54, 1.807) is 0 Å². The van der Waals surface area contributed by atoms with Crippen molar-refractivity contribution in [3.63, 3.8) is 0 Å². The van der Waals surface area contributed by atoms with Crippen LogP contribution in [-0.4, -0.2) is 11.0 Å². The molecule has 15 heavy (non-hydrogen) atoms. The molecular weight excluding hydrogens is 191 g/mol. The van der Waals surface area contributed by atoms with Gasteiger partial charge in [-0.05, 0) is 44.0 Å². The maximum atomic E-state index is 13.0. The highest BCUT2D eigenvalue weighted by Gasteiger charge is 2.10. The number of hydrogen-bond donors (Lipinski definition) is 2. The smallest absolute Gasteiger partial charge is 0.125 e. The molecule has 0 radical (unpaired) electrons. The molecule has 1 atom stereocenters. The van der Waals surface area contributed by atoms with Crippen molar-refractivity contribution < 1.29 is 4.39 Å². The van der Waals surface area contributed by atoms with E-state index in [-0.39, 0.29) is 11.9 Å². The van der Waals surface area contributed by atoms with Gasteiger partial charge in [0, 0.05) is 22.6 Å². The third kappa shape index (κ3) is 1.88. The number of aromatic nitrogens is 1. The number of rotatable bonds is 2. The van der Waals surface area contributed by atoms with Gasteiger partial charge in [0.25, 0.3) is 0 Å². The third-order valence-electron chi connectivity index (χ3n) is 2.61. The zero-order valence-electron chi connectivity index (χ0n) is 8.97. The summed E-state index contributed by atoms with van der Waals surface area (Å²) in [7, 11) is 0. The van der Waals surface area contributed by atoms with Gasteiger partial charge in [0.05, 0.1) is 0 Å². The molecule has 0 aliphatic heterocycles. The van der Waals surface area contributed by atoms with Crippen LogP contribution in [0.5, 0.6) is 0 Å². The maximum absolute atomic E-state index is 13.0. The normalized spacial score (nSPS) is 13.3. The van der Waals surface area contributed by atoms with E-state index in [1.165, 1.54) is 17.7 Å². The van der Waals surface area contributed by atoms with Crippen LogP contribution in [0.25, 0.3) is 10.9 Å². The molecule has 0 bridgehead atoms. The number of aromatic amines is 1. The predicted octanol–water partition coefficient (Wildman–Crippen LogP) is 2.51. The first-order valence-corrected chi connectivity index (χ1v) is 5.10. The third-order valence-corrected chi connectivity index (χ3v) is 2.61. The molecule has 0 aliphatic carbocycles. The number of benzene rings is 1. The largest absolute Gasteiger partial charge is 0.358 e. The number of nitrogens with one attached hydrogen (secondary N) is 1. The highest BCUT2D eigenvalue weighted by atomic mass is 19.1. The Morgan fingerprint density at radius 3 is 2.87 bits per heavy atom. The van der Waals surface area contributed by atoms with Crippen LogP contribution in [0.2, 0.25) is 0 Å². The van der Waals surface area contributed by atoms with E-state index < -0.39 is 0 Å². The minimum Gasteiger partial charge on any atom is -0.358 e.